The molecule has 1 fully saturated rings. The van der Waals surface area contributed by atoms with Gasteiger partial charge in [0, 0.05) is 30.7 Å². The summed E-state index contributed by atoms with van der Waals surface area (Å²) in [6, 6.07) is 14.7. The van der Waals surface area contributed by atoms with E-state index in [2.05, 4.69) is 44.4 Å². The van der Waals surface area contributed by atoms with Crippen LogP contribution in [0.5, 0.6) is 0 Å². The summed E-state index contributed by atoms with van der Waals surface area (Å²) >= 11 is 1.55. The Kier molecular flexibility index (Phi) is 7.87. The second-order valence-electron chi connectivity index (χ2n) is 7.79. The molecule has 33 heavy (non-hydrogen) atoms. The number of thiazole rings is 1. The summed E-state index contributed by atoms with van der Waals surface area (Å²) in [5.41, 5.74) is 9.27. The SMILES string of the molecule is NC(=O)CNCCCn1c(-c2ccc(N3CCOCC3)cc2)cs/c1=N\c1ccc(F)cc1. The molecular formula is C24H28FN5O2S. The number of halogens is 1. The van der Waals surface area contributed by atoms with Crippen molar-refractivity contribution in [1.29, 1.82) is 0 Å². The lowest BCUT2D eigenvalue weighted by Crippen LogP contribution is -2.36. The van der Waals surface area contributed by atoms with Gasteiger partial charge in [-0.3, -0.25) is 4.79 Å². The average molecular weight is 470 g/mol. The van der Waals surface area contributed by atoms with Crippen molar-refractivity contribution < 1.29 is 13.9 Å². The van der Waals surface area contributed by atoms with Crippen LogP contribution in [0.15, 0.2) is 58.9 Å². The molecule has 1 aliphatic heterocycles. The number of hydrogen-bond acceptors (Lipinski definition) is 6. The fourth-order valence-electron chi connectivity index (χ4n) is 3.73. The first-order chi connectivity index (χ1) is 16.1. The highest BCUT2D eigenvalue weighted by Gasteiger charge is 2.13. The lowest BCUT2D eigenvalue weighted by molar-refractivity contribution is -0.117. The van der Waals surface area contributed by atoms with Crippen LogP contribution in [0, 0.1) is 5.82 Å². The van der Waals surface area contributed by atoms with Crippen LogP contribution in [0.4, 0.5) is 15.8 Å². The number of nitrogens with two attached hydrogens (primary N) is 1. The highest BCUT2D eigenvalue weighted by molar-refractivity contribution is 7.07. The van der Waals surface area contributed by atoms with Crippen molar-refractivity contribution in [1.82, 2.24) is 9.88 Å². The van der Waals surface area contributed by atoms with Gasteiger partial charge in [-0.15, -0.1) is 11.3 Å². The van der Waals surface area contributed by atoms with Crippen molar-refractivity contribution in [3.63, 3.8) is 0 Å². The van der Waals surface area contributed by atoms with Gasteiger partial charge in [0.1, 0.15) is 5.82 Å². The van der Waals surface area contributed by atoms with E-state index < -0.39 is 0 Å². The van der Waals surface area contributed by atoms with Crippen molar-refractivity contribution in [2.24, 2.45) is 10.7 Å². The molecule has 9 heteroatoms. The highest BCUT2D eigenvalue weighted by atomic mass is 32.1. The lowest BCUT2D eigenvalue weighted by atomic mass is 10.1. The normalized spacial score (nSPS) is 14.6. The number of nitrogens with zero attached hydrogens (tertiary/aromatic N) is 3. The number of carbonyl (C=O) groups is 1. The summed E-state index contributed by atoms with van der Waals surface area (Å²) in [6.45, 7) is 4.85. The van der Waals surface area contributed by atoms with Gasteiger partial charge in [0.15, 0.2) is 4.80 Å². The number of anilines is 1. The average Bonchev–Trinajstić information content (AvgIpc) is 3.23. The van der Waals surface area contributed by atoms with Crippen LogP contribution in [0.3, 0.4) is 0 Å². The molecule has 1 amide bonds. The van der Waals surface area contributed by atoms with Crippen LogP contribution in [0.1, 0.15) is 6.42 Å². The van der Waals surface area contributed by atoms with E-state index in [9.17, 15) is 9.18 Å². The molecular weight excluding hydrogens is 441 g/mol. The molecule has 1 aliphatic rings. The van der Waals surface area contributed by atoms with Crippen LogP contribution < -0.4 is 20.8 Å². The van der Waals surface area contributed by atoms with Gasteiger partial charge < -0.3 is 25.3 Å². The van der Waals surface area contributed by atoms with E-state index in [4.69, 9.17) is 15.5 Å². The first-order valence-corrected chi connectivity index (χ1v) is 11.9. The van der Waals surface area contributed by atoms with Gasteiger partial charge in [0.05, 0.1) is 31.1 Å². The Balaban J connectivity index is 1.58. The number of nitrogens with one attached hydrogen (secondary N) is 1. The third-order valence-corrected chi connectivity index (χ3v) is 6.29. The maximum atomic E-state index is 13.3. The zero-order valence-electron chi connectivity index (χ0n) is 18.4. The molecule has 7 nitrogen and oxygen atoms in total. The van der Waals surface area contributed by atoms with Crippen molar-refractivity contribution in [3.8, 4) is 11.3 Å². The molecule has 3 N–H and O–H groups in total. The first kappa shape index (κ1) is 23.2. The maximum absolute atomic E-state index is 13.3. The molecule has 1 aromatic heterocycles. The molecule has 0 aliphatic carbocycles. The van der Waals surface area contributed by atoms with E-state index >= 15 is 0 Å². The van der Waals surface area contributed by atoms with Gasteiger partial charge in [-0.2, -0.15) is 0 Å². The minimum absolute atomic E-state index is 0.164. The Hall–Kier alpha value is -3.01. The fourth-order valence-corrected chi connectivity index (χ4v) is 4.69. The summed E-state index contributed by atoms with van der Waals surface area (Å²) in [5, 5.41) is 5.15. The van der Waals surface area contributed by atoms with Crippen molar-refractivity contribution in [2.75, 3.05) is 44.3 Å². The third-order valence-electron chi connectivity index (χ3n) is 5.42. The smallest absolute Gasteiger partial charge is 0.231 e. The Morgan fingerprint density at radius 3 is 2.55 bits per heavy atom. The van der Waals surface area contributed by atoms with Crippen LogP contribution in [0.25, 0.3) is 11.3 Å². The minimum Gasteiger partial charge on any atom is -0.378 e. The van der Waals surface area contributed by atoms with E-state index in [1.807, 2.05) is 0 Å². The molecule has 4 rings (SSSR count). The van der Waals surface area contributed by atoms with E-state index in [1.54, 1.807) is 23.5 Å². The van der Waals surface area contributed by atoms with Gasteiger partial charge in [0.2, 0.25) is 5.91 Å². The quantitative estimate of drug-likeness (QED) is 0.472. The zero-order chi connectivity index (χ0) is 23.0. The molecule has 3 aromatic rings. The van der Waals surface area contributed by atoms with Crippen molar-refractivity contribution in [3.05, 3.63) is 64.5 Å². The molecule has 0 radical (unpaired) electrons. The number of rotatable bonds is 9. The summed E-state index contributed by atoms with van der Waals surface area (Å²) in [6.07, 6.45) is 0.805. The molecule has 174 valence electrons. The second-order valence-corrected chi connectivity index (χ2v) is 8.62. The Morgan fingerprint density at radius 1 is 1.12 bits per heavy atom. The highest BCUT2D eigenvalue weighted by Crippen LogP contribution is 2.25. The number of amides is 1. The molecule has 0 bridgehead atoms. The van der Waals surface area contributed by atoms with E-state index in [1.165, 1.54) is 17.8 Å². The summed E-state index contributed by atoms with van der Waals surface area (Å²) < 4.78 is 20.9. The number of benzene rings is 2. The fraction of sp³-hybridized carbons (Fsp3) is 0.333. The van der Waals surface area contributed by atoms with Crippen LogP contribution in [0.2, 0.25) is 0 Å². The molecule has 2 aromatic carbocycles. The topological polar surface area (TPSA) is 84.9 Å². The minimum atomic E-state index is -0.369. The van der Waals surface area contributed by atoms with Gasteiger partial charge >= 0.3 is 0 Å². The van der Waals surface area contributed by atoms with E-state index in [0.29, 0.717) is 12.2 Å². The Morgan fingerprint density at radius 2 is 1.85 bits per heavy atom. The van der Waals surface area contributed by atoms with Crippen LogP contribution in [-0.2, 0) is 16.1 Å². The predicted molar refractivity (Wildman–Crippen MR) is 129 cm³/mol. The van der Waals surface area contributed by atoms with Crippen molar-refractivity contribution >= 4 is 28.6 Å². The molecule has 0 atom stereocenters. The molecule has 0 saturated carbocycles. The predicted octanol–water partition coefficient (Wildman–Crippen LogP) is 2.89. The lowest BCUT2D eigenvalue weighted by Gasteiger charge is -2.28. The molecule has 2 heterocycles. The van der Waals surface area contributed by atoms with Crippen LogP contribution >= 0.6 is 11.3 Å². The van der Waals surface area contributed by atoms with Gasteiger partial charge in [0.25, 0.3) is 0 Å². The number of ether oxygens (including phenoxy) is 1. The Bertz CT molecular complexity index is 1120. The van der Waals surface area contributed by atoms with E-state index in [0.717, 1.165) is 55.3 Å². The molecule has 0 spiro atoms. The first-order valence-electron chi connectivity index (χ1n) is 11.0. The zero-order valence-corrected chi connectivity index (χ0v) is 19.2. The largest absolute Gasteiger partial charge is 0.378 e. The number of aromatic nitrogens is 1. The summed E-state index contributed by atoms with van der Waals surface area (Å²) in [4.78, 5) is 18.9. The maximum Gasteiger partial charge on any atom is 0.231 e. The van der Waals surface area contributed by atoms with Gasteiger partial charge in [-0.25, -0.2) is 9.38 Å². The Labute approximate surface area is 196 Å². The molecule has 1 saturated heterocycles. The summed E-state index contributed by atoms with van der Waals surface area (Å²) in [7, 11) is 0. The van der Waals surface area contributed by atoms with E-state index in [-0.39, 0.29) is 18.3 Å². The number of morpholine rings is 1. The number of primary amides is 1. The van der Waals surface area contributed by atoms with Crippen LogP contribution in [-0.4, -0.2) is 49.9 Å². The monoisotopic (exact) mass is 469 g/mol. The molecule has 0 unspecified atom stereocenters. The number of hydrogen-bond donors (Lipinski definition) is 2. The number of carbonyl (C=O) groups excluding carboxylic acids is 1. The van der Waals surface area contributed by atoms with Crippen molar-refractivity contribution in [2.45, 2.75) is 13.0 Å². The summed E-state index contributed by atoms with van der Waals surface area (Å²) in [5.74, 6) is -0.652. The van der Waals surface area contributed by atoms with Gasteiger partial charge in [-0.1, -0.05) is 12.1 Å². The third kappa shape index (κ3) is 6.28. The standard InChI is InChI=1S/C24H28FN5O2S/c25-19-4-6-20(7-5-19)28-24-30(11-1-10-27-16-23(26)31)22(17-33-24)18-2-8-21(9-3-18)29-12-14-32-15-13-29/h2-9,17,27H,1,10-16H2,(H2,26,31)/b28-24-. The van der Waals surface area contributed by atoms with Gasteiger partial charge in [-0.05, 0) is 54.9 Å². The second kappa shape index (κ2) is 11.2.